The van der Waals surface area contributed by atoms with Crippen molar-refractivity contribution in [2.45, 2.75) is 25.5 Å². The Hall–Kier alpha value is -1.31. The fourth-order valence-corrected chi connectivity index (χ4v) is 4.41. The van der Waals surface area contributed by atoms with Gasteiger partial charge in [0.05, 0.1) is 18.3 Å². The van der Waals surface area contributed by atoms with E-state index in [0.29, 0.717) is 24.5 Å². The zero-order valence-corrected chi connectivity index (χ0v) is 14.4. The molecule has 0 unspecified atom stereocenters. The van der Waals surface area contributed by atoms with Crippen LogP contribution in [0.2, 0.25) is 5.02 Å². The van der Waals surface area contributed by atoms with Crippen molar-refractivity contribution < 1.29 is 17.9 Å². The molecule has 2 saturated heterocycles. The maximum absolute atomic E-state index is 12.0. The molecule has 0 aliphatic carbocycles. The molecule has 2 aliphatic heterocycles. The number of sulfonamides is 1. The normalized spacial score (nSPS) is 24.8. The molecule has 126 valence electrons. The van der Waals surface area contributed by atoms with Crippen molar-refractivity contribution >= 4 is 27.7 Å². The van der Waals surface area contributed by atoms with Gasteiger partial charge in [0.2, 0.25) is 10.0 Å². The van der Waals surface area contributed by atoms with Gasteiger partial charge in [-0.2, -0.15) is 4.31 Å². The van der Waals surface area contributed by atoms with Crippen molar-refractivity contribution in [2.75, 3.05) is 25.4 Å². The average molecular weight is 359 g/mol. The SMILES string of the molecule is CCS(=O)(=O)N1C[C@@H]2OC(=O)N(CCc3cccc(Cl)c3)[C@@H]2C1. The Morgan fingerprint density at radius 3 is 2.83 bits per heavy atom. The van der Waals surface area contributed by atoms with Crippen LogP contribution in [0, 0.1) is 0 Å². The summed E-state index contributed by atoms with van der Waals surface area (Å²) in [5, 5.41) is 0.658. The largest absolute Gasteiger partial charge is 0.442 e. The van der Waals surface area contributed by atoms with Gasteiger partial charge < -0.3 is 4.74 Å². The summed E-state index contributed by atoms with van der Waals surface area (Å²) in [4.78, 5) is 13.6. The molecular formula is C15H19ClN2O4S. The highest BCUT2D eigenvalue weighted by Gasteiger charge is 2.49. The Morgan fingerprint density at radius 1 is 1.35 bits per heavy atom. The van der Waals surface area contributed by atoms with Crippen LogP contribution in [0.5, 0.6) is 0 Å². The van der Waals surface area contributed by atoms with Crippen LogP contribution >= 0.6 is 11.6 Å². The number of amides is 1. The number of benzene rings is 1. The molecule has 0 radical (unpaired) electrons. The number of rotatable bonds is 5. The van der Waals surface area contributed by atoms with Gasteiger partial charge in [-0.3, -0.25) is 4.90 Å². The minimum absolute atomic E-state index is 0.0584. The second-order valence-electron chi connectivity index (χ2n) is 5.78. The maximum atomic E-state index is 12.0. The van der Waals surface area contributed by atoms with Crippen molar-refractivity contribution in [1.29, 1.82) is 0 Å². The second kappa shape index (κ2) is 6.30. The van der Waals surface area contributed by atoms with Crippen LogP contribution < -0.4 is 0 Å². The predicted molar refractivity (Wildman–Crippen MR) is 87.0 cm³/mol. The summed E-state index contributed by atoms with van der Waals surface area (Å²) in [6.07, 6.45) is -0.0851. The Morgan fingerprint density at radius 2 is 2.13 bits per heavy atom. The van der Waals surface area contributed by atoms with E-state index in [9.17, 15) is 13.2 Å². The molecule has 23 heavy (non-hydrogen) atoms. The van der Waals surface area contributed by atoms with Crippen molar-refractivity contribution in [1.82, 2.24) is 9.21 Å². The summed E-state index contributed by atoms with van der Waals surface area (Å²) < 4.78 is 30.7. The van der Waals surface area contributed by atoms with Crippen molar-refractivity contribution in [3.05, 3.63) is 34.9 Å². The fraction of sp³-hybridized carbons (Fsp3) is 0.533. The third-order valence-corrected chi connectivity index (χ3v) is 6.43. The van der Waals surface area contributed by atoms with Gasteiger partial charge >= 0.3 is 6.09 Å². The Balaban J connectivity index is 1.67. The van der Waals surface area contributed by atoms with Crippen molar-refractivity contribution in [3.63, 3.8) is 0 Å². The van der Waals surface area contributed by atoms with Gasteiger partial charge in [0.1, 0.15) is 6.10 Å². The standard InChI is InChI=1S/C15H19ClN2O4S/c1-2-23(20,21)17-9-13-14(10-17)22-15(19)18(13)7-6-11-4-3-5-12(16)8-11/h3-5,8,13-14H,2,6-7,9-10H2,1H3/t13-,14+/m1/s1. The molecule has 1 amide bonds. The number of fused-ring (bicyclic) bond motifs is 1. The van der Waals surface area contributed by atoms with Crippen LogP contribution in [0.25, 0.3) is 0 Å². The van der Waals surface area contributed by atoms with Crippen molar-refractivity contribution in [3.8, 4) is 0 Å². The highest BCUT2D eigenvalue weighted by Crippen LogP contribution is 2.29. The zero-order valence-electron chi connectivity index (χ0n) is 12.8. The Kier molecular flexibility index (Phi) is 4.53. The third kappa shape index (κ3) is 3.32. The molecule has 0 N–H and O–H groups in total. The summed E-state index contributed by atoms with van der Waals surface area (Å²) in [6, 6.07) is 7.28. The van der Waals surface area contributed by atoms with E-state index in [-0.39, 0.29) is 30.5 Å². The number of hydrogen-bond acceptors (Lipinski definition) is 4. The van der Waals surface area contributed by atoms with Crippen LogP contribution in [-0.4, -0.2) is 61.2 Å². The molecule has 3 rings (SSSR count). The fourth-order valence-electron chi connectivity index (χ4n) is 3.08. The molecule has 0 saturated carbocycles. The molecule has 2 atom stereocenters. The number of carbonyl (C=O) groups is 1. The monoisotopic (exact) mass is 358 g/mol. The lowest BCUT2D eigenvalue weighted by Gasteiger charge is -2.22. The Labute approximate surface area is 141 Å². The van der Waals surface area contributed by atoms with E-state index in [1.165, 1.54) is 4.31 Å². The smallest absolute Gasteiger partial charge is 0.410 e. The first-order valence-electron chi connectivity index (χ1n) is 7.60. The van der Waals surface area contributed by atoms with Crippen LogP contribution in [0.1, 0.15) is 12.5 Å². The lowest BCUT2D eigenvalue weighted by molar-refractivity contribution is 0.129. The van der Waals surface area contributed by atoms with E-state index in [0.717, 1.165) is 5.56 Å². The summed E-state index contributed by atoms with van der Waals surface area (Å²) >= 11 is 5.96. The van der Waals surface area contributed by atoms with Gasteiger partial charge in [-0.25, -0.2) is 13.2 Å². The van der Waals surface area contributed by atoms with Gasteiger partial charge in [0, 0.05) is 18.1 Å². The van der Waals surface area contributed by atoms with E-state index in [4.69, 9.17) is 16.3 Å². The molecule has 0 spiro atoms. The first-order chi connectivity index (χ1) is 10.9. The topological polar surface area (TPSA) is 66.9 Å². The van der Waals surface area contributed by atoms with Gasteiger partial charge in [0.15, 0.2) is 0 Å². The van der Waals surface area contributed by atoms with Gasteiger partial charge in [-0.1, -0.05) is 23.7 Å². The summed E-state index contributed by atoms with van der Waals surface area (Å²) in [6.45, 7) is 2.66. The van der Waals surface area contributed by atoms with E-state index in [2.05, 4.69) is 0 Å². The molecule has 1 aromatic carbocycles. The average Bonchev–Trinajstić information content (AvgIpc) is 3.03. The Bertz CT molecular complexity index is 709. The summed E-state index contributed by atoms with van der Waals surface area (Å²) in [5.74, 6) is 0.0584. The van der Waals surface area contributed by atoms with Crippen LogP contribution in [0.3, 0.4) is 0 Å². The number of nitrogens with zero attached hydrogens (tertiary/aromatic N) is 2. The quantitative estimate of drug-likeness (QED) is 0.804. The summed E-state index contributed by atoms with van der Waals surface area (Å²) in [5.41, 5.74) is 1.03. The molecule has 1 aromatic rings. The highest BCUT2D eigenvalue weighted by atomic mass is 35.5. The minimum atomic E-state index is -3.26. The first kappa shape index (κ1) is 16.5. The van der Waals surface area contributed by atoms with E-state index < -0.39 is 10.0 Å². The molecule has 0 bridgehead atoms. The zero-order chi connectivity index (χ0) is 16.6. The molecular weight excluding hydrogens is 340 g/mol. The number of hydrogen-bond donors (Lipinski definition) is 0. The van der Waals surface area contributed by atoms with Crippen LogP contribution in [-0.2, 0) is 21.2 Å². The van der Waals surface area contributed by atoms with Gasteiger partial charge in [-0.15, -0.1) is 0 Å². The molecule has 0 aromatic heterocycles. The first-order valence-corrected chi connectivity index (χ1v) is 9.59. The maximum Gasteiger partial charge on any atom is 0.410 e. The third-order valence-electron chi connectivity index (χ3n) is 4.38. The van der Waals surface area contributed by atoms with Crippen molar-refractivity contribution in [2.24, 2.45) is 0 Å². The predicted octanol–water partition coefficient (Wildman–Crippen LogP) is 1.74. The van der Waals surface area contributed by atoms with Crippen LogP contribution in [0.15, 0.2) is 24.3 Å². The number of carbonyl (C=O) groups excluding carboxylic acids is 1. The minimum Gasteiger partial charge on any atom is -0.442 e. The van der Waals surface area contributed by atoms with E-state index in [1.807, 2.05) is 18.2 Å². The molecule has 6 nitrogen and oxygen atoms in total. The highest BCUT2D eigenvalue weighted by molar-refractivity contribution is 7.89. The molecule has 2 heterocycles. The molecule has 2 aliphatic rings. The van der Waals surface area contributed by atoms with Crippen LogP contribution in [0.4, 0.5) is 4.79 Å². The lowest BCUT2D eigenvalue weighted by atomic mass is 10.1. The molecule has 2 fully saturated rings. The second-order valence-corrected chi connectivity index (χ2v) is 8.47. The van der Waals surface area contributed by atoms with Gasteiger partial charge in [0.25, 0.3) is 0 Å². The molecule has 8 heteroatoms. The van der Waals surface area contributed by atoms with E-state index in [1.54, 1.807) is 17.9 Å². The van der Waals surface area contributed by atoms with Gasteiger partial charge in [-0.05, 0) is 31.0 Å². The number of halogens is 1. The summed E-state index contributed by atoms with van der Waals surface area (Å²) in [7, 11) is -3.26. The number of ether oxygens (including phenoxy) is 1. The van der Waals surface area contributed by atoms with E-state index >= 15 is 0 Å². The lowest BCUT2D eigenvalue weighted by Crippen LogP contribution is -2.40.